The van der Waals surface area contributed by atoms with Crippen molar-refractivity contribution in [2.45, 2.75) is 13.0 Å². The molecule has 12 heavy (non-hydrogen) atoms. The van der Waals surface area contributed by atoms with Gasteiger partial charge in [-0.3, -0.25) is 0 Å². The third kappa shape index (κ3) is 2.32. The van der Waals surface area contributed by atoms with E-state index in [1.807, 2.05) is 11.6 Å². The summed E-state index contributed by atoms with van der Waals surface area (Å²) in [5.41, 5.74) is 0. The number of aryl methyl sites for hydroxylation is 1. The quantitative estimate of drug-likeness (QED) is 0.628. The molecule has 0 aliphatic carbocycles. The van der Waals surface area contributed by atoms with Crippen LogP contribution in [-0.4, -0.2) is 21.3 Å². The number of nitriles is 1. The summed E-state index contributed by atoms with van der Waals surface area (Å²) in [4.78, 5) is 0. The maximum atomic E-state index is 8.25. The molecular weight excluding hydrogens is 154 g/mol. The van der Waals surface area contributed by atoms with Crippen LogP contribution in [0.3, 0.4) is 0 Å². The first-order valence-corrected chi connectivity index (χ1v) is 3.75. The molecule has 1 aromatic heterocycles. The molecular formula is C7H11N5. The third-order valence-corrected chi connectivity index (χ3v) is 1.50. The van der Waals surface area contributed by atoms with Crippen molar-refractivity contribution in [3.8, 4) is 6.07 Å². The summed E-state index contributed by atoms with van der Waals surface area (Å²) in [5.74, 6) is 0.882. The summed E-state index contributed by atoms with van der Waals surface area (Å²) in [6.07, 6.45) is 2.18. The Morgan fingerprint density at radius 2 is 2.58 bits per heavy atom. The molecule has 0 aromatic carbocycles. The Bertz CT molecular complexity index is 272. The molecule has 64 valence electrons. The van der Waals surface area contributed by atoms with E-state index in [2.05, 4.69) is 21.6 Å². The van der Waals surface area contributed by atoms with Crippen LogP contribution in [0.25, 0.3) is 0 Å². The number of aromatic nitrogens is 3. The molecule has 0 bridgehead atoms. The minimum atomic E-state index is 0.526. The second-order valence-corrected chi connectivity index (χ2v) is 2.44. The highest BCUT2D eigenvalue weighted by atomic mass is 15.3. The van der Waals surface area contributed by atoms with Gasteiger partial charge in [-0.25, -0.2) is 0 Å². The summed E-state index contributed by atoms with van der Waals surface area (Å²) in [5, 5.41) is 18.9. The zero-order valence-electron chi connectivity index (χ0n) is 6.99. The van der Waals surface area contributed by atoms with Crippen LogP contribution in [0, 0.1) is 11.3 Å². The van der Waals surface area contributed by atoms with Crippen molar-refractivity contribution in [1.82, 2.24) is 20.1 Å². The number of nitrogens with zero attached hydrogens (tertiary/aromatic N) is 4. The largest absolute Gasteiger partial charge is 0.320 e. The van der Waals surface area contributed by atoms with Gasteiger partial charge in [-0.05, 0) is 0 Å². The molecule has 0 saturated carbocycles. The molecule has 0 unspecified atom stereocenters. The molecule has 5 nitrogen and oxygen atoms in total. The second kappa shape index (κ2) is 4.46. The highest BCUT2D eigenvalue weighted by molar-refractivity contribution is 4.83. The van der Waals surface area contributed by atoms with E-state index in [9.17, 15) is 0 Å². The van der Waals surface area contributed by atoms with Crippen molar-refractivity contribution >= 4 is 0 Å². The minimum absolute atomic E-state index is 0.526. The Morgan fingerprint density at radius 3 is 3.17 bits per heavy atom. The van der Waals surface area contributed by atoms with E-state index >= 15 is 0 Å². The van der Waals surface area contributed by atoms with Crippen LogP contribution in [0.5, 0.6) is 0 Å². The Morgan fingerprint density at radius 1 is 1.75 bits per heavy atom. The summed E-state index contributed by atoms with van der Waals surface area (Å²) in [6, 6.07) is 2.06. The van der Waals surface area contributed by atoms with E-state index in [1.165, 1.54) is 0 Å². The van der Waals surface area contributed by atoms with Crippen molar-refractivity contribution in [2.75, 3.05) is 6.54 Å². The van der Waals surface area contributed by atoms with Gasteiger partial charge >= 0.3 is 0 Å². The SMILES string of the molecule is Cn1cnnc1CNCCC#N. The number of nitrogens with one attached hydrogen (secondary N) is 1. The maximum Gasteiger partial charge on any atom is 0.146 e. The van der Waals surface area contributed by atoms with E-state index in [4.69, 9.17) is 5.26 Å². The molecule has 1 aromatic rings. The van der Waals surface area contributed by atoms with Gasteiger partial charge in [0.05, 0.1) is 12.6 Å². The van der Waals surface area contributed by atoms with Gasteiger partial charge in [-0.15, -0.1) is 10.2 Å². The van der Waals surface area contributed by atoms with Gasteiger partial charge in [0, 0.05) is 20.0 Å². The first-order valence-electron chi connectivity index (χ1n) is 3.75. The first-order chi connectivity index (χ1) is 5.84. The minimum Gasteiger partial charge on any atom is -0.320 e. The van der Waals surface area contributed by atoms with Crippen LogP contribution in [0.2, 0.25) is 0 Å². The molecule has 0 saturated heterocycles. The van der Waals surface area contributed by atoms with Gasteiger partial charge in [0.1, 0.15) is 12.2 Å². The highest BCUT2D eigenvalue weighted by Gasteiger charge is 1.97. The summed E-state index contributed by atoms with van der Waals surface area (Å²) in [7, 11) is 1.89. The molecule has 0 aliphatic heterocycles. The molecule has 0 aliphatic rings. The van der Waals surface area contributed by atoms with Gasteiger partial charge in [0.15, 0.2) is 0 Å². The molecule has 0 radical (unpaired) electrons. The summed E-state index contributed by atoms with van der Waals surface area (Å²) >= 11 is 0. The summed E-state index contributed by atoms with van der Waals surface area (Å²) in [6.45, 7) is 1.36. The van der Waals surface area contributed by atoms with Gasteiger partial charge in [-0.1, -0.05) is 0 Å². The Labute approximate surface area is 71.0 Å². The van der Waals surface area contributed by atoms with Crippen LogP contribution >= 0.6 is 0 Å². The highest BCUT2D eigenvalue weighted by Crippen LogP contribution is 1.89. The van der Waals surface area contributed by atoms with Crippen molar-refractivity contribution in [2.24, 2.45) is 7.05 Å². The smallest absolute Gasteiger partial charge is 0.146 e. The normalized spacial score (nSPS) is 9.67. The van der Waals surface area contributed by atoms with Crippen molar-refractivity contribution < 1.29 is 0 Å². The number of rotatable bonds is 4. The zero-order chi connectivity index (χ0) is 8.81. The molecule has 0 amide bonds. The molecule has 0 spiro atoms. The standard InChI is InChI=1S/C7H11N5/c1-12-6-10-11-7(12)5-9-4-2-3-8/h6,9H,2,4-5H2,1H3. The first kappa shape index (κ1) is 8.68. The fraction of sp³-hybridized carbons (Fsp3) is 0.571. The topological polar surface area (TPSA) is 66.5 Å². The predicted octanol–water partition coefficient (Wildman–Crippen LogP) is -0.182. The number of hydrogen-bond donors (Lipinski definition) is 1. The van der Waals surface area contributed by atoms with Crippen LogP contribution in [0.15, 0.2) is 6.33 Å². The lowest BCUT2D eigenvalue weighted by molar-refractivity contribution is 0.643. The van der Waals surface area contributed by atoms with Crippen LogP contribution in [0.1, 0.15) is 12.2 Å². The second-order valence-electron chi connectivity index (χ2n) is 2.44. The average Bonchev–Trinajstić information content (AvgIpc) is 2.46. The summed E-state index contributed by atoms with van der Waals surface area (Å²) < 4.78 is 1.85. The van der Waals surface area contributed by atoms with Gasteiger partial charge in [0.2, 0.25) is 0 Å². The predicted molar refractivity (Wildman–Crippen MR) is 42.9 cm³/mol. The van der Waals surface area contributed by atoms with Gasteiger partial charge in [-0.2, -0.15) is 5.26 Å². The molecule has 0 fully saturated rings. The van der Waals surface area contributed by atoms with E-state index < -0.39 is 0 Å². The maximum absolute atomic E-state index is 8.25. The zero-order valence-corrected chi connectivity index (χ0v) is 6.99. The Kier molecular flexibility index (Phi) is 3.23. The van der Waals surface area contributed by atoms with Gasteiger partial charge < -0.3 is 9.88 Å². The number of hydrogen-bond acceptors (Lipinski definition) is 4. The van der Waals surface area contributed by atoms with Crippen LogP contribution < -0.4 is 5.32 Å². The van der Waals surface area contributed by atoms with Crippen molar-refractivity contribution in [3.63, 3.8) is 0 Å². The molecule has 1 N–H and O–H groups in total. The fourth-order valence-corrected chi connectivity index (χ4v) is 0.812. The van der Waals surface area contributed by atoms with E-state index in [-0.39, 0.29) is 0 Å². The van der Waals surface area contributed by atoms with E-state index in [1.54, 1.807) is 6.33 Å². The lowest BCUT2D eigenvalue weighted by Crippen LogP contribution is -2.16. The van der Waals surface area contributed by atoms with Crippen LogP contribution in [0.4, 0.5) is 0 Å². The molecule has 1 heterocycles. The average molecular weight is 165 g/mol. The molecule has 1 rings (SSSR count). The van der Waals surface area contributed by atoms with E-state index in [0.717, 1.165) is 5.82 Å². The Balaban J connectivity index is 2.25. The third-order valence-electron chi connectivity index (χ3n) is 1.50. The lowest BCUT2D eigenvalue weighted by Gasteiger charge is -2.00. The monoisotopic (exact) mass is 165 g/mol. The fourth-order valence-electron chi connectivity index (χ4n) is 0.812. The van der Waals surface area contributed by atoms with Crippen molar-refractivity contribution in [3.05, 3.63) is 12.2 Å². The van der Waals surface area contributed by atoms with Crippen LogP contribution in [-0.2, 0) is 13.6 Å². The Hall–Kier alpha value is -1.41. The van der Waals surface area contributed by atoms with Crippen molar-refractivity contribution in [1.29, 1.82) is 5.26 Å². The lowest BCUT2D eigenvalue weighted by atomic mass is 10.4. The molecule has 5 heteroatoms. The van der Waals surface area contributed by atoms with E-state index in [0.29, 0.717) is 19.5 Å². The van der Waals surface area contributed by atoms with Gasteiger partial charge in [0.25, 0.3) is 0 Å². The molecule has 0 atom stereocenters.